The third-order valence-corrected chi connectivity index (χ3v) is 1.75. The molecule has 0 bridgehead atoms. The first-order valence-electron chi connectivity index (χ1n) is 3.62. The number of anilines is 1. The lowest BCUT2D eigenvalue weighted by atomic mass is 10.8. The zero-order chi connectivity index (χ0) is 10.1. The maximum absolute atomic E-state index is 10.1. The predicted molar refractivity (Wildman–Crippen MR) is 57.0 cm³/mol. The summed E-state index contributed by atoms with van der Waals surface area (Å²) in [7, 11) is 0. The molecule has 13 heavy (non-hydrogen) atoms. The van der Waals surface area contributed by atoms with Crippen LogP contribution >= 0.6 is 24.0 Å². The summed E-state index contributed by atoms with van der Waals surface area (Å²) in [4.78, 5) is 13.8. The molecule has 0 spiro atoms. The number of ether oxygens (including phenoxy) is 1. The zero-order valence-corrected chi connectivity index (χ0v) is 8.98. The van der Waals surface area contributed by atoms with Crippen LogP contribution in [0.3, 0.4) is 0 Å². The van der Waals surface area contributed by atoms with E-state index in [1.54, 1.807) is 13.1 Å². The predicted octanol–water partition coefficient (Wildman–Crippen LogP) is 1.20. The standard InChI is InChI=1S/C4H8O2S.C3H4N2S/c1-2-6-4(5)3-7;4-3-5-1-2-6-3/h7H,2-3H2,1H3;1-2H,(H2,4,5). The number of nitrogens with zero attached hydrogens (tertiary/aromatic N) is 1. The SMILES string of the molecule is CCOC(=O)CS.Nc1nccs1. The third kappa shape index (κ3) is 7.61. The van der Waals surface area contributed by atoms with Gasteiger partial charge in [0.05, 0.1) is 12.4 Å². The van der Waals surface area contributed by atoms with Gasteiger partial charge in [0, 0.05) is 11.6 Å². The van der Waals surface area contributed by atoms with Crippen LogP contribution in [0, 0.1) is 0 Å². The second-order valence-electron chi connectivity index (χ2n) is 1.83. The summed E-state index contributed by atoms with van der Waals surface area (Å²) < 4.78 is 4.48. The van der Waals surface area contributed by atoms with Crippen molar-refractivity contribution in [2.24, 2.45) is 0 Å². The molecular weight excluding hydrogens is 208 g/mol. The quantitative estimate of drug-likeness (QED) is 0.580. The molecule has 0 aliphatic rings. The number of esters is 1. The molecule has 0 amide bonds. The fraction of sp³-hybridized carbons (Fsp3) is 0.429. The van der Waals surface area contributed by atoms with Crippen LogP contribution in [0.25, 0.3) is 0 Å². The van der Waals surface area contributed by atoms with Crippen molar-refractivity contribution < 1.29 is 9.53 Å². The van der Waals surface area contributed by atoms with Crippen LogP contribution in [0.15, 0.2) is 11.6 Å². The first-order valence-corrected chi connectivity index (χ1v) is 5.13. The van der Waals surface area contributed by atoms with Gasteiger partial charge in [0.1, 0.15) is 0 Å². The van der Waals surface area contributed by atoms with Crippen LogP contribution in [-0.2, 0) is 9.53 Å². The van der Waals surface area contributed by atoms with Crippen molar-refractivity contribution in [1.82, 2.24) is 4.98 Å². The van der Waals surface area contributed by atoms with E-state index in [4.69, 9.17) is 5.73 Å². The Bertz CT molecular complexity index is 226. The second kappa shape index (κ2) is 7.88. The number of nitrogens with two attached hydrogens (primary N) is 1. The number of carbonyl (C=O) groups excluding carboxylic acids is 1. The van der Waals surface area contributed by atoms with E-state index in [9.17, 15) is 4.79 Å². The number of thiol groups is 1. The van der Waals surface area contributed by atoms with E-state index in [0.29, 0.717) is 11.7 Å². The van der Waals surface area contributed by atoms with E-state index in [0.717, 1.165) is 0 Å². The van der Waals surface area contributed by atoms with Gasteiger partial charge in [0.15, 0.2) is 5.13 Å². The number of carbonyl (C=O) groups is 1. The Morgan fingerprint density at radius 3 is 2.69 bits per heavy atom. The molecule has 0 saturated carbocycles. The molecule has 0 unspecified atom stereocenters. The van der Waals surface area contributed by atoms with Gasteiger partial charge in [0.25, 0.3) is 0 Å². The minimum absolute atomic E-state index is 0.174. The number of nitrogen functional groups attached to an aromatic ring is 1. The van der Waals surface area contributed by atoms with E-state index < -0.39 is 0 Å². The van der Waals surface area contributed by atoms with Crippen molar-refractivity contribution in [3.8, 4) is 0 Å². The lowest BCUT2D eigenvalue weighted by Crippen LogP contribution is -2.03. The van der Waals surface area contributed by atoms with Gasteiger partial charge in [-0.05, 0) is 6.92 Å². The fourth-order valence-electron chi connectivity index (χ4n) is 0.441. The molecule has 0 aliphatic heterocycles. The first-order chi connectivity index (χ1) is 6.20. The molecule has 1 aromatic heterocycles. The Morgan fingerprint density at radius 2 is 2.54 bits per heavy atom. The number of aromatic nitrogens is 1. The summed E-state index contributed by atoms with van der Waals surface area (Å²) >= 11 is 5.12. The molecule has 0 fully saturated rings. The van der Waals surface area contributed by atoms with E-state index in [1.165, 1.54) is 11.3 Å². The van der Waals surface area contributed by atoms with Crippen molar-refractivity contribution in [3.05, 3.63) is 11.6 Å². The zero-order valence-electron chi connectivity index (χ0n) is 7.27. The Morgan fingerprint density at radius 1 is 1.85 bits per heavy atom. The first kappa shape index (κ1) is 12.2. The average molecular weight is 220 g/mol. The van der Waals surface area contributed by atoms with Gasteiger partial charge < -0.3 is 10.5 Å². The summed E-state index contributed by atoms with van der Waals surface area (Å²) in [6, 6.07) is 0. The molecule has 0 atom stereocenters. The van der Waals surface area contributed by atoms with Crippen LogP contribution in [-0.4, -0.2) is 23.3 Å². The molecule has 0 aliphatic carbocycles. The van der Waals surface area contributed by atoms with Gasteiger partial charge in [-0.3, -0.25) is 4.79 Å². The Kier molecular flexibility index (Phi) is 7.42. The van der Waals surface area contributed by atoms with Gasteiger partial charge in [-0.2, -0.15) is 12.6 Å². The molecule has 1 rings (SSSR count). The van der Waals surface area contributed by atoms with Gasteiger partial charge in [-0.15, -0.1) is 11.3 Å². The molecule has 6 heteroatoms. The normalized spacial score (nSPS) is 8.46. The molecule has 2 N–H and O–H groups in total. The van der Waals surface area contributed by atoms with E-state index in [-0.39, 0.29) is 11.7 Å². The maximum Gasteiger partial charge on any atom is 0.315 e. The molecule has 0 radical (unpaired) electrons. The topological polar surface area (TPSA) is 65.2 Å². The summed E-state index contributed by atoms with van der Waals surface area (Å²) in [5.74, 6) is -0.0840. The fourth-order valence-corrected chi connectivity index (χ4v) is 0.915. The maximum atomic E-state index is 10.1. The van der Waals surface area contributed by atoms with Crippen molar-refractivity contribution in [1.29, 1.82) is 0 Å². The Hall–Kier alpha value is -0.750. The highest BCUT2D eigenvalue weighted by Gasteiger charge is 1.91. The Labute approximate surface area is 86.5 Å². The molecular formula is C7H12N2O2S2. The molecule has 74 valence electrons. The van der Waals surface area contributed by atoms with Crippen LogP contribution in [0.4, 0.5) is 5.13 Å². The molecule has 0 saturated heterocycles. The van der Waals surface area contributed by atoms with Crippen LogP contribution in [0.2, 0.25) is 0 Å². The number of hydrogen-bond donors (Lipinski definition) is 2. The molecule has 1 heterocycles. The second-order valence-corrected chi connectivity index (χ2v) is 3.08. The number of thiazole rings is 1. The molecule has 1 aromatic rings. The highest BCUT2D eigenvalue weighted by Crippen LogP contribution is 2.02. The lowest BCUT2D eigenvalue weighted by molar-refractivity contribution is -0.139. The monoisotopic (exact) mass is 220 g/mol. The Balaban J connectivity index is 0.000000223. The summed E-state index contributed by atoms with van der Waals surface area (Å²) in [6.07, 6.45) is 1.68. The van der Waals surface area contributed by atoms with Gasteiger partial charge >= 0.3 is 5.97 Å². The highest BCUT2D eigenvalue weighted by atomic mass is 32.1. The van der Waals surface area contributed by atoms with Gasteiger partial charge in [-0.25, -0.2) is 4.98 Å². The largest absolute Gasteiger partial charge is 0.465 e. The smallest absolute Gasteiger partial charge is 0.315 e. The van der Waals surface area contributed by atoms with Crippen LogP contribution < -0.4 is 5.73 Å². The van der Waals surface area contributed by atoms with Crippen molar-refractivity contribution in [3.63, 3.8) is 0 Å². The summed E-state index contributed by atoms with van der Waals surface area (Å²) in [5, 5.41) is 2.48. The van der Waals surface area contributed by atoms with E-state index in [1.807, 2.05) is 5.38 Å². The lowest BCUT2D eigenvalue weighted by Gasteiger charge is -1.93. The van der Waals surface area contributed by atoms with E-state index >= 15 is 0 Å². The van der Waals surface area contributed by atoms with Gasteiger partial charge in [0.2, 0.25) is 0 Å². The average Bonchev–Trinajstić information content (AvgIpc) is 2.57. The van der Waals surface area contributed by atoms with Crippen molar-refractivity contribution >= 4 is 35.1 Å². The summed E-state index contributed by atoms with van der Waals surface area (Å²) in [6.45, 7) is 2.21. The highest BCUT2D eigenvalue weighted by molar-refractivity contribution is 7.81. The van der Waals surface area contributed by atoms with Crippen molar-refractivity contribution in [2.75, 3.05) is 18.1 Å². The van der Waals surface area contributed by atoms with Crippen molar-refractivity contribution in [2.45, 2.75) is 6.92 Å². The molecule has 4 nitrogen and oxygen atoms in total. The van der Waals surface area contributed by atoms with E-state index in [2.05, 4.69) is 22.3 Å². The minimum atomic E-state index is -0.258. The van der Waals surface area contributed by atoms with Gasteiger partial charge in [-0.1, -0.05) is 0 Å². The van der Waals surface area contributed by atoms with Crippen LogP contribution in [0.5, 0.6) is 0 Å². The number of rotatable bonds is 2. The van der Waals surface area contributed by atoms with Crippen LogP contribution in [0.1, 0.15) is 6.92 Å². The minimum Gasteiger partial charge on any atom is -0.465 e. The third-order valence-electron chi connectivity index (χ3n) is 0.886. The number of hydrogen-bond acceptors (Lipinski definition) is 6. The summed E-state index contributed by atoms with van der Waals surface area (Å²) in [5.41, 5.74) is 5.19. The molecule has 0 aromatic carbocycles.